The van der Waals surface area contributed by atoms with E-state index >= 15 is 0 Å². The van der Waals surface area contributed by atoms with Crippen LogP contribution in [0.3, 0.4) is 0 Å². The molecule has 2 aromatic rings. The Hall–Kier alpha value is -1.75. The third-order valence-corrected chi connectivity index (χ3v) is 4.74. The van der Waals surface area contributed by atoms with Gasteiger partial charge in [0, 0.05) is 16.6 Å². The van der Waals surface area contributed by atoms with E-state index in [1.807, 2.05) is 6.92 Å². The second-order valence-corrected chi connectivity index (χ2v) is 5.87. The number of carbonyl (C=O) groups excluding carboxylic acids is 1. The molecule has 0 saturated heterocycles. The number of aromatic nitrogens is 1. The minimum atomic E-state index is -0.480. The highest BCUT2D eigenvalue weighted by molar-refractivity contribution is 7.15. The molecule has 104 valence electrons. The topological polar surface area (TPSA) is 39.2 Å². The molecule has 20 heavy (non-hydrogen) atoms. The quantitative estimate of drug-likeness (QED) is 0.809. The monoisotopic (exact) mass is 291 g/mol. The first-order chi connectivity index (χ1) is 9.65. The van der Waals surface area contributed by atoms with Crippen molar-refractivity contribution in [2.24, 2.45) is 0 Å². The summed E-state index contributed by atoms with van der Waals surface area (Å²) in [5, 5.41) is 0.801. The van der Waals surface area contributed by atoms with E-state index in [0.29, 0.717) is 6.61 Å². The van der Waals surface area contributed by atoms with Gasteiger partial charge in [-0.2, -0.15) is 0 Å². The van der Waals surface area contributed by atoms with Gasteiger partial charge in [0.1, 0.15) is 16.2 Å². The number of benzene rings is 1. The molecule has 1 aliphatic carbocycles. The number of hydrogen-bond donors (Lipinski definition) is 0. The molecule has 0 N–H and O–H groups in total. The van der Waals surface area contributed by atoms with E-state index in [2.05, 4.69) is 4.98 Å². The Balaban J connectivity index is 1.87. The van der Waals surface area contributed by atoms with Crippen molar-refractivity contribution >= 4 is 17.3 Å². The summed E-state index contributed by atoms with van der Waals surface area (Å²) in [6, 6.07) is 6.22. The van der Waals surface area contributed by atoms with Crippen LogP contribution in [-0.4, -0.2) is 17.6 Å². The van der Waals surface area contributed by atoms with Gasteiger partial charge in [-0.3, -0.25) is 4.79 Å². The maximum atomic E-state index is 12.9. The Morgan fingerprint density at radius 1 is 1.40 bits per heavy atom. The van der Waals surface area contributed by atoms with E-state index in [9.17, 15) is 9.18 Å². The first-order valence-corrected chi connectivity index (χ1v) is 7.37. The normalized spacial score (nSPS) is 15.9. The Labute approximate surface area is 120 Å². The summed E-state index contributed by atoms with van der Waals surface area (Å²) in [5.74, 6) is -0.426. The highest BCUT2D eigenvalue weighted by Crippen LogP contribution is 2.51. The number of carbonyl (C=O) groups is 1. The lowest BCUT2D eigenvalue weighted by Crippen LogP contribution is -2.22. The van der Waals surface area contributed by atoms with Crippen LogP contribution in [0.1, 0.15) is 24.6 Å². The van der Waals surface area contributed by atoms with E-state index in [4.69, 9.17) is 4.74 Å². The highest BCUT2D eigenvalue weighted by Gasteiger charge is 2.54. The SMILES string of the molecule is CCOC(=O)C1(c2cnc(-c3ccc(F)cc3)s2)CC1. The molecular weight excluding hydrogens is 277 g/mol. The largest absolute Gasteiger partial charge is 0.465 e. The van der Waals surface area contributed by atoms with Gasteiger partial charge in [-0.25, -0.2) is 9.37 Å². The molecule has 1 heterocycles. The average Bonchev–Trinajstić information content (AvgIpc) is 3.12. The second kappa shape index (κ2) is 4.98. The molecular formula is C15H14FNO2S. The van der Waals surface area contributed by atoms with Crippen LogP contribution in [0.5, 0.6) is 0 Å². The molecule has 5 heteroatoms. The van der Waals surface area contributed by atoms with Crippen LogP contribution in [0.2, 0.25) is 0 Å². The molecule has 3 rings (SSSR count). The fourth-order valence-electron chi connectivity index (χ4n) is 2.17. The lowest BCUT2D eigenvalue weighted by Gasteiger charge is -2.10. The summed E-state index contributed by atoms with van der Waals surface area (Å²) in [5.41, 5.74) is 0.383. The first-order valence-electron chi connectivity index (χ1n) is 6.55. The molecule has 1 aliphatic rings. The van der Waals surface area contributed by atoms with Gasteiger partial charge in [-0.15, -0.1) is 11.3 Å². The second-order valence-electron chi connectivity index (χ2n) is 4.84. The molecule has 0 amide bonds. The smallest absolute Gasteiger partial charge is 0.317 e. The zero-order chi connectivity index (χ0) is 14.2. The average molecular weight is 291 g/mol. The van der Waals surface area contributed by atoms with Crippen LogP contribution in [0.25, 0.3) is 10.6 Å². The molecule has 0 aliphatic heterocycles. The Morgan fingerprint density at radius 2 is 2.10 bits per heavy atom. The maximum absolute atomic E-state index is 12.9. The molecule has 1 aromatic heterocycles. The van der Waals surface area contributed by atoms with Gasteiger partial charge in [-0.1, -0.05) is 0 Å². The first kappa shape index (κ1) is 13.2. The van der Waals surface area contributed by atoms with Gasteiger partial charge >= 0.3 is 5.97 Å². The predicted molar refractivity (Wildman–Crippen MR) is 75.1 cm³/mol. The van der Waals surface area contributed by atoms with Crippen molar-refractivity contribution in [3.63, 3.8) is 0 Å². The summed E-state index contributed by atoms with van der Waals surface area (Å²) >= 11 is 1.48. The zero-order valence-corrected chi connectivity index (χ0v) is 11.9. The van der Waals surface area contributed by atoms with Crippen molar-refractivity contribution in [1.29, 1.82) is 0 Å². The van der Waals surface area contributed by atoms with Gasteiger partial charge in [0.15, 0.2) is 0 Å². The van der Waals surface area contributed by atoms with Crippen molar-refractivity contribution < 1.29 is 13.9 Å². The number of halogens is 1. The predicted octanol–water partition coefficient (Wildman–Crippen LogP) is 3.54. The molecule has 1 aromatic carbocycles. The molecule has 3 nitrogen and oxygen atoms in total. The van der Waals surface area contributed by atoms with Gasteiger partial charge < -0.3 is 4.74 Å². The Bertz CT molecular complexity index is 632. The molecule has 0 unspecified atom stereocenters. The third kappa shape index (κ3) is 2.22. The van der Waals surface area contributed by atoms with Crippen LogP contribution >= 0.6 is 11.3 Å². The van der Waals surface area contributed by atoms with Crippen LogP contribution in [0.4, 0.5) is 4.39 Å². The Kier molecular flexibility index (Phi) is 3.30. The summed E-state index contributed by atoms with van der Waals surface area (Å²) in [7, 11) is 0. The Morgan fingerprint density at radius 3 is 2.70 bits per heavy atom. The fraction of sp³-hybridized carbons (Fsp3) is 0.333. The van der Waals surface area contributed by atoms with Gasteiger partial charge in [0.2, 0.25) is 0 Å². The van der Waals surface area contributed by atoms with Crippen LogP contribution < -0.4 is 0 Å². The van der Waals surface area contributed by atoms with E-state index in [1.165, 1.54) is 23.5 Å². The van der Waals surface area contributed by atoms with Crippen molar-refractivity contribution in [2.75, 3.05) is 6.61 Å². The van der Waals surface area contributed by atoms with Crippen LogP contribution in [-0.2, 0) is 14.9 Å². The third-order valence-electron chi connectivity index (χ3n) is 3.48. The van der Waals surface area contributed by atoms with Crippen molar-refractivity contribution in [3.05, 3.63) is 41.2 Å². The van der Waals surface area contributed by atoms with Crippen LogP contribution in [0.15, 0.2) is 30.5 Å². The number of hydrogen-bond acceptors (Lipinski definition) is 4. The summed E-state index contributed by atoms with van der Waals surface area (Å²) in [4.78, 5) is 17.3. The summed E-state index contributed by atoms with van der Waals surface area (Å²) < 4.78 is 18.1. The lowest BCUT2D eigenvalue weighted by atomic mass is 10.1. The summed E-state index contributed by atoms with van der Waals surface area (Å²) in [6.07, 6.45) is 3.38. The molecule has 1 fully saturated rings. The molecule has 0 atom stereocenters. The number of ether oxygens (including phenoxy) is 1. The van der Waals surface area contributed by atoms with E-state index in [0.717, 1.165) is 28.3 Å². The number of rotatable bonds is 4. The fourth-order valence-corrected chi connectivity index (χ4v) is 3.32. The van der Waals surface area contributed by atoms with Gasteiger partial charge in [0.05, 0.1) is 6.61 Å². The van der Waals surface area contributed by atoms with E-state index < -0.39 is 5.41 Å². The molecule has 0 radical (unpaired) electrons. The van der Waals surface area contributed by atoms with E-state index in [-0.39, 0.29) is 11.8 Å². The zero-order valence-electron chi connectivity index (χ0n) is 11.1. The highest BCUT2D eigenvalue weighted by atomic mass is 32.1. The van der Waals surface area contributed by atoms with Crippen molar-refractivity contribution in [2.45, 2.75) is 25.2 Å². The number of nitrogens with zero attached hydrogens (tertiary/aromatic N) is 1. The van der Waals surface area contributed by atoms with E-state index in [1.54, 1.807) is 18.3 Å². The minimum absolute atomic E-state index is 0.158. The maximum Gasteiger partial charge on any atom is 0.317 e. The van der Waals surface area contributed by atoms with Crippen molar-refractivity contribution in [3.8, 4) is 10.6 Å². The lowest BCUT2D eigenvalue weighted by molar-refractivity contribution is -0.146. The van der Waals surface area contributed by atoms with Gasteiger partial charge in [0.25, 0.3) is 0 Å². The van der Waals surface area contributed by atoms with Crippen molar-refractivity contribution in [1.82, 2.24) is 4.98 Å². The molecule has 0 bridgehead atoms. The number of esters is 1. The minimum Gasteiger partial charge on any atom is -0.465 e. The summed E-state index contributed by atoms with van der Waals surface area (Å²) in [6.45, 7) is 2.20. The number of thiazole rings is 1. The molecule has 0 spiro atoms. The molecule has 1 saturated carbocycles. The van der Waals surface area contributed by atoms with Gasteiger partial charge in [-0.05, 0) is 44.0 Å². The standard InChI is InChI=1S/C15H14FNO2S/c1-2-19-14(18)15(7-8-15)12-9-17-13(20-12)10-3-5-11(16)6-4-10/h3-6,9H,2,7-8H2,1H3. The van der Waals surface area contributed by atoms with Crippen LogP contribution in [0, 0.1) is 5.82 Å².